The van der Waals surface area contributed by atoms with Gasteiger partial charge in [-0.05, 0) is 12.5 Å². The maximum absolute atomic E-state index is 6.17. The lowest BCUT2D eigenvalue weighted by Crippen LogP contribution is -2.34. The molecule has 2 aromatic rings. The fourth-order valence-electron chi connectivity index (χ4n) is 1.87. The second kappa shape index (κ2) is 6.71. The van der Waals surface area contributed by atoms with Gasteiger partial charge in [0, 0.05) is 12.1 Å². The van der Waals surface area contributed by atoms with Crippen LogP contribution in [0, 0.1) is 0 Å². The van der Waals surface area contributed by atoms with Crippen LogP contribution in [-0.2, 0) is 0 Å². The number of nitrogens with two attached hydrogens (primary N) is 1. The molecule has 0 amide bonds. The second-order valence-electron chi connectivity index (χ2n) is 4.22. The van der Waals surface area contributed by atoms with Gasteiger partial charge in [-0.15, -0.1) is 0 Å². The number of amidine groups is 1. The highest BCUT2D eigenvalue weighted by atomic mass is 15.1. The van der Waals surface area contributed by atoms with E-state index in [0.717, 1.165) is 23.5 Å². The largest absolute Gasteiger partial charge is 0.351 e. The molecule has 1 atom stereocenters. The molecular weight excluding hydrogens is 234 g/mol. The van der Waals surface area contributed by atoms with E-state index in [1.54, 1.807) is 0 Å². The van der Waals surface area contributed by atoms with Gasteiger partial charge in [0.15, 0.2) is 0 Å². The predicted octanol–water partition coefficient (Wildman–Crippen LogP) is 2.70. The summed E-state index contributed by atoms with van der Waals surface area (Å²) >= 11 is 0. The minimum absolute atomic E-state index is 0.258. The minimum Gasteiger partial charge on any atom is -0.351 e. The summed E-state index contributed by atoms with van der Waals surface area (Å²) < 4.78 is 0. The number of hydrogen-bond acceptors (Lipinski definition) is 2. The van der Waals surface area contributed by atoms with Crippen molar-refractivity contribution < 1.29 is 0 Å². The molecule has 0 fully saturated rings. The van der Waals surface area contributed by atoms with Crippen molar-refractivity contribution in [3.63, 3.8) is 0 Å². The van der Waals surface area contributed by atoms with Crippen LogP contribution in [-0.4, -0.2) is 12.4 Å². The summed E-state index contributed by atoms with van der Waals surface area (Å²) in [6, 6.07) is 20.0. The molecule has 0 saturated carbocycles. The normalized spacial score (nSPS) is 13.1. The molecule has 19 heavy (non-hydrogen) atoms. The van der Waals surface area contributed by atoms with E-state index in [1.165, 1.54) is 0 Å². The molecule has 98 valence electrons. The summed E-state index contributed by atoms with van der Waals surface area (Å²) in [4.78, 5) is 4.49. The lowest BCUT2D eigenvalue weighted by molar-refractivity contribution is 0.679. The zero-order valence-corrected chi connectivity index (χ0v) is 11.1. The fraction of sp³-hybridized carbons (Fsp3) is 0.188. The molecule has 3 heteroatoms. The first-order chi connectivity index (χ1) is 9.31. The minimum atomic E-state index is -0.258. The van der Waals surface area contributed by atoms with Crippen molar-refractivity contribution in [2.45, 2.75) is 13.1 Å². The van der Waals surface area contributed by atoms with Gasteiger partial charge in [-0.1, -0.05) is 60.7 Å². The molecule has 3 nitrogen and oxygen atoms in total. The number of benzene rings is 2. The van der Waals surface area contributed by atoms with Gasteiger partial charge < -0.3 is 11.1 Å². The summed E-state index contributed by atoms with van der Waals surface area (Å²) in [5.74, 6) is 0.833. The van der Waals surface area contributed by atoms with Crippen LogP contribution in [0.1, 0.15) is 24.2 Å². The molecular formula is C16H19N3. The highest BCUT2D eigenvalue weighted by molar-refractivity contribution is 5.98. The monoisotopic (exact) mass is 253 g/mol. The van der Waals surface area contributed by atoms with Crippen LogP contribution in [0.5, 0.6) is 0 Å². The first-order valence-corrected chi connectivity index (χ1v) is 6.48. The Balaban J connectivity index is 2.17. The van der Waals surface area contributed by atoms with Crippen molar-refractivity contribution >= 4 is 5.84 Å². The van der Waals surface area contributed by atoms with Crippen molar-refractivity contribution in [2.75, 3.05) is 6.54 Å². The van der Waals surface area contributed by atoms with E-state index in [1.807, 2.05) is 67.6 Å². The molecule has 0 bridgehead atoms. The quantitative estimate of drug-likeness (QED) is 0.500. The summed E-state index contributed by atoms with van der Waals surface area (Å²) in [5, 5.41) is 3.28. The molecule has 3 N–H and O–H groups in total. The maximum atomic E-state index is 6.17. The van der Waals surface area contributed by atoms with E-state index < -0.39 is 0 Å². The van der Waals surface area contributed by atoms with Crippen molar-refractivity contribution in [1.82, 2.24) is 5.32 Å². The highest BCUT2D eigenvalue weighted by Gasteiger charge is 2.09. The van der Waals surface area contributed by atoms with Crippen LogP contribution in [0.4, 0.5) is 0 Å². The molecule has 0 saturated heterocycles. The van der Waals surface area contributed by atoms with Gasteiger partial charge >= 0.3 is 0 Å². The van der Waals surface area contributed by atoms with Crippen LogP contribution >= 0.6 is 0 Å². The van der Waals surface area contributed by atoms with Gasteiger partial charge in [0.2, 0.25) is 0 Å². The second-order valence-corrected chi connectivity index (χ2v) is 4.22. The molecule has 2 aromatic carbocycles. The molecule has 0 radical (unpaired) electrons. The molecule has 0 spiro atoms. The zero-order chi connectivity index (χ0) is 13.5. The number of hydrogen-bond donors (Lipinski definition) is 2. The number of nitrogens with zero attached hydrogens (tertiary/aromatic N) is 1. The lowest BCUT2D eigenvalue weighted by atomic mass is 10.1. The van der Waals surface area contributed by atoms with Crippen LogP contribution < -0.4 is 11.1 Å². The van der Waals surface area contributed by atoms with E-state index in [-0.39, 0.29) is 6.17 Å². The van der Waals surface area contributed by atoms with E-state index in [9.17, 15) is 0 Å². The van der Waals surface area contributed by atoms with Gasteiger partial charge in [0.25, 0.3) is 0 Å². The standard InChI is InChI=1S/C16H19N3/c1-2-18-16(14-11-7-4-8-12-14)19-15(17)13-9-5-3-6-10-13/h3-12,15H,2,17H2,1H3,(H,18,19). The van der Waals surface area contributed by atoms with Crippen LogP contribution in [0.15, 0.2) is 65.7 Å². The lowest BCUT2D eigenvalue weighted by Gasteiger charge is -2.17. The maximum Gasteiger partial charge on any atom is 0.129 e. The van der Waals surface area contributed by atoms with Crippen molar-refractivity contribution in [3.05, 3.63) is 71.8 Å². The molecule has 0 aliphatic heterocycles. The predicted molar refractivity (Wildman–Crippen MR) is 80.0 cm³/mol. The third-order valence-corrected chi connectivity index (χ3v) is 2.81. The number of aliphatic imine (C=N–C) groups is 1. The Labute approximate surface area is 114 Å². The highest BCUT2D eigenvalue weighted by Crippen LogP contribution is 2.08. The van der Waals surface area contributed by atoms with Crippen LogP contribution in [0.25, 0.3) is 0 Å². The molecule has 2 rings (SSSR count). The number of rotatable bonds is 4. The third kappa shape index (κ3) is 3.66. The molecule has 0 aliphatic rings. The van der Waals surface area contributed by atoms with Gasteiger partial charge in [-0.25, -0.2) is 0 Å². The van der Waals surface area contributed by atoms with Crippen molar-refractivity contribution in [2.24, 2.45) is 10.7 Å². The van der Waals surface area contributed by atoms with Gasteiger partial charge in [-0.2, -0.15) is 0 Å². The Hall–Kier alpha value is -2.13. The molecule has 0 aromatic heterocycles. The van der Waals surface area contributed by atoms with Crippen LogP contribution in [0.3, 0.4) is 0 Å². The van der Waals surface area contributed by atoms with E-state index in [4.69, 9.17) is 5.73 Å². The SMILES string of the molecule is CCN=C(NC(N)c1ccccc1)c1ccccc1. The van der Waals surface area contributed by atoms with Gasteiger partial charge in [0.05, 0.1) is 0 Å². The Kier molecular flexibility index (Phi) is 4.70. The zero-order valence-electron chi connectivity index (χ0n) is 11.1. The third-order valence-electron chi connectivity index (χ3n) is 2.81. The fourth-order valence-corrected chi connectivity index (χ4v) is 1.87. The summed E-state index contributed by atoms with van der Waals surface area (Å²) in [6.45, 7) is 2.73. The topological polar surface area (TPSA) is 50.4 Å². The molecule has 0 aliphatic carbocycles. The Bertz CT molecular complexity index is 520. The molecule has 0 heterocycles. The number of nitrogens with one attached hydrogen (secondary N) is 1. The van der Waals surface area contributed by atoms with E-state index in [0.29, 0.717) is 0 Å². The molecule has 1 unspecified atom stereocenters. The Morgan fingerprint density at radius 1 is 1.05 bits per heavy atom. The van der Waals surface area contributed by atoms with Gasteiger partial charge in [0.1, 0.15) is 12.0 Å². The summed E-state index contributed by atoms with van der Waals surface area (Å²) in [5.41, 5.74) is 8.27. The first-order valence-electron chi connectivity index (χ1n) is 6.48. The first kappa shape index (κ1) is 13.3. The van der Waals surface area contributed by atoms with Crippen molar-refractivity contribution in [3.8, 4) is 0 Å². The average Bonchev–Trinajstić information content (AvgIpc) is 2.48. The Morgan fingerprint density at radius 2 is 1.63 bits per heavy atom. The average molecular weight is 253 g/mol. The van der Waals surface area contributed by atoms with Crippen LogP contribution in [0.2, 0.25) is 0 Å². The Morgan fingerprint density at radius 3 is 2.21 bits per heavy atom. The van der Waals surface area contributed by atoms with Crippen molar-refractivity contribution in [1.29, 1.82) is 0 Å². The van der Waals surface area contributed by atoms with E-state index in [2.05, 4.69) is 10.3 Å². The van der Waals surface area contributed by atoms with Gasteiger partial charge in [-0.3, -0.25) is 4.99 Å². The smallest absolute Gasteiger partial charge is 0.129 e. The van der Waals surface area contributed by atoms with E-state index >= 15 is 0 Å². The summed E-state index contributed by atoms with van der Waals surface area (Å²) in [7, 11) is 0. The summed E-state index contributed by atoms with van der Waals surface area (Å²) in [6.07, 6.45) is -0.258.